The summed E-state index contributed by atoms with van der Waals surface area (Å²) < 4.78 is 20.1. The number of carbonyl (C=O) groups is 3. The van der Waals surface area contributed by atoms with Crippen LogP contribution in [0.15, 0.2) is 42.5 Å². The quantitative estimate of drug-likeness (QED) is 0.680. The lowest BCUT2D eigenvalue weighted by Gasteiger charge is -2.43. The standard InChI is InChI=1S/C22H22ClFN4O4/c23-14-2-5-16(6-3-14)28(21(26)31)10-1-8-22(28,20(25)30)17-7-4-15(12-18(17)24)27-9-11-32-13-19(27)29/h2-7,12H,1,8-11,13H2,(H3-,25,26,30,31)/p+1/t22-,28?/m1/s1. The van der Waals surface area contributed by atoms with Crippen LogP contribution >= 0.6 is 11.6 Å². The Balaban J connectivity index is 1.89. The fourth-order valence-corrected chi connectivity index (χ4v) is 5.13. The van der Waals surface area contributed by atoms with E-state index in [1.54, 1.807) is 30.3 Å². The van der Waals surface area contributed by atoms with Gasteiger partial charge in [0.1, 0.15) is 18.1 Å². The summed E-state index contributed by atoms with van der Waals surface area (Å²) in [4.78, 5) is 39.5. The summed E-state index contributed by atoms with van der Waals surface area (Å²) in [7, 11) is 0. The van der Waals surface area contributed by atoms with Gasteiger partial charge in [0.05, 0.1) is 18.7 Å². The van der Waals surface area contributed by atoms with Crippen molar-refractivity contribution in [3.8, 4) is 0 Å². The van der Waals surface area contributed by atoms with Crippen LogP contribution in [-0.2, 0) is 19.9 Å². The van der Waals surface area contributed by atoms with Gasteiger partial charge in [-0.1, -0.05) is 11.6 Å². The lowest BCUT2D eigenvalue weighted by atomic mass is 9.83. The van der Waals surface area contributed by atoms with Gasteiger partial charge in [0.2, 0.25) is 5.54 Å². The number of anilines is 1. The summed E-state index contributed by atoms with van der Waals surface area (Å²) in [6.07, 6.45) is 0.540. The number of hydrogen-bond acceptors (Lipinski definition) is 4. The van der Waals surface area contributed by atoms with Crippen molar-refractivity contribution >= 4 is 40.8 Å². The average molecular weight is 462 g/mol. The summed E-state index contributed by atoms with van der Waals surface area (Å²) in [6, 6.07) is 9.65. The predicted octanol–water partition coefficient (Wildman–Crippen LogP) is 2.40. The number of primary amides is 2. The van der Waals surface area contributed by atoms with Crippen LogP contribution in [0, 0.1) is 5.82 Å². The smallest absolute Gasteiger partial charge is 0.370 e. The largest absolute Gasteiger partial charge is 0.420 e. The Labute approximate surface area is 189 Å². The maximum Gasteiger partial charge on any atom is 0.420 e. The Bertz CT molecular complexity index is 1100. The highest BCUT2D eigenvalue weighted by Gasteiger charge is 2.66. The summed E-state index contributed by atoms with van der Waals surface area (Å²) in [5.74, 6) is -1.91. The molecule has 2 aliphatic rings. The second kappa shape index (κ2) is 8.16. The molecule has 168 valence electrons. The molecule has 32 heavy (non-hydrogen) atoms. The first kappa shape index (κ1) is 22.2. The molecule has 0 aromatic heterocycles. The third kappa shape index (κ3) is 3.16. The Kier molecular flexibility index (Phi) is 5.66. The van der Waals surface area contributed by atoms with E-state index in [9.17, 15) is 14.4 Å². The number of hydrogen-bond donors (Lipinski definition) is 2. The van der Waals surface area contributed by atoms with Crippen molar-refractivity contribution < 1.29 is 23.5 Å². The molecule has 0 radical (unpaired) electrons. The molecule has 0 bridgehead atoms. The van der Waals surface area contributed by atoms with Gasteiger partial charge in [-0.15, -0.1) is 0 Å². The van der Waals surface area contributed by atoms with Gasteiger partial charge in [-0.3, -0.25) is 9.59 Å². The van der Waals surface area contributed by atoms with Crippen LogP contribution in [0.25, 0.3) is 0 Å². The minimum atomic E-state index is -1.75. The number of morpholine rings is 1. The number of nitrogens with zero attached hydrogens (tertiary/aromatic N) is 2. The van der Waals surface area contributed by atoms with E-state index in [0.717, 1.165) is 0 Å². The van der Waals surface area contributed by atoms with Crippen LogP contribution in [-0.4, -0.2) is 44.1 Å². The topological polar surface area (TPSA) is 116 Å². The van der Waals surface area contributed by atoms with Gasteiger partial charge >= 0.3 is 6.03 Å². The monoisotopic (exact) mass is 461 g/mol. The number of nitrogens with two attached hydrogens (primary N) is 2. The van der Waals surface area contributed by atoms with Crippen molar-refractivity contribution in [1.82, 2.24) is 4.48 Å². The van der Waals surface area contributed by atoms with Gasteiger partial charge in [0.15, 0.2) is 0 Å². The molecule has 1 unspecified atom stereocenters. The molecule has 2 aromatic carbocycles. The summed E-state index contributed by atoms with van der Waals surface area (Å²) in [6.45, 7) is 0.694. The number of benzene rings is 2. The van der Waals surface area contributed by atoms with Gasteiger partial charge in [-0.25, -0.2) is 9.18 Å². The van der Waals surface area contributed by atoms with E-state index in [4.69, 9.17) is 27.8 Å². The zero-order valence-electron chi connectivity index (χ0n) is 17.2. The van der Waals surface area contributed by atoms with Gasteiger partial charge in [-0.05, 0) is 30.3 Å². The minimum absolute atomic E-state index is 0.0410. The molecule has 10 heteroatoms. The lowest BCUT2D eigenvalue weighted by Crippen LogP contribution is -2.70. The molecular weight excluding hydrogens is 439 g/mol. The zero-order valence-corrected chi connectivity index (χ0v) is 18.0. The SMILES string of the molecule is NC(=O)[C@]1(c2ccc(N3CCOCC3=O)cc2F)CCC[N+]1(C(N)=O)c1ccc(Cl)cc1. The lowest BCUT2D eigenvalue weighted by molar-refractivity contribution is -0.127. The van der Waals surface area contributed by atoms with Gasteiger partial charge < -0.3 is 21.1 Å². The molecule has 0 spiro atoms. The second-order valence-corrected chi connectivity index (χ2v) is 8.37. The van der Waals surface area contributed by atoms with Gasteiger partial charge in [-0.2, -0.15) is 4.48 Å². The third-order valence-corrected chi connectivity index (χ3v) is 6.68. The Morgan fingerprint density at radius 1 is 1.16 bits per heavy atom. The molecule has 0 aliphatic carbocycles. The Hall–Kier alpha value is -3.01. The molecule has 2 aromatic rings. The Morgan fingerprint density at radius 2 is 1.88 bits per heavy atom. The van der Waals surface area contributed by atoms with Crippen LogP contribution in [0.2, 0.25) is 5.02 Å². The van der Waals surface area contributed by atoms with Crippen LogP contribution in [0.5, 0.6) is 0 Å². The first-order valence-corrected chi connectivity index (χ1v) is 10.5. The van der Waals surface area contributed by atoms with Crippen molar-refractivity contribution in [3.05, 3.63) is 58.9 Å². The van der Waals surface area contributed by atoms with E-state index >= 15 is 4.39 Å². The number of quaternary nitrogens is 1. The second-order valence-electron chi connectivity index (χ2n) is 7.94. The number of halogens is 2. The van der Waals surface area contributed by atoms with E-state index in [1.165, 1.54) is 17.0 Å². The number of likely N-dealkylation sites (tertiary alicyclic amines) is 1. The number of ether oxygens (including phenoxy) is 1. The normalized spacial score (nSPS) is 25.7. The fraction of sp³-hybridized carbons (Fsp3) is 0.318. The van der Waals surface area contributed by atoms with Crippen molar-refractivity contribution in [2.45, 2.75) is 18.4 Å². The molecule has 4 rings (SSSR count). The highest BCUT2D eigenvalue weighted by atomic mass is 35.5. The number of carbonyl (C=O) groups excluding carboxylic acids is 3. The summed E-state index contributed by atoms with van der Waals surface area (Å²) in [5.41, 5.74) is 10.7. The zero-order chi connectivity index (χ0) is 23.1. The van der Waals surface area contributed by atoms with Crippen molar-refractivity contribution in [1.29, 1.82) is 0 Å². The molecule has 2 atom stereocenters. The summed E-state index contributed by atoms with van der Waals surface area (Å²) in [5, 5.41) is 0.436. The fourth-order valence-electron chi connectivity index (χ4n) is 5.01. The molecule has 4 amide bonds. The highest BCUT2D eigenvalue weighted by Crippen LogP contribution is 2.49. The van der Waals surface area contributed by atoms with Crippen molar-refractivity contribution in [2.24, 2.45) is 11.5 Å². The molecule has 0 saturated carbocycles. The highest BCUT2D eigenvalue weighted by molar-refractivity contribution is 6.30. The van der Waals surface area contributed by atoms with Crippen LogP contribution in [0.3, 0.4) is 0 Å². The molecule has 8 nitrogen and oxygen atoms in total. The molecule has 2 saturated heterocycles. The van der Waals surface area contributed by atoms with Crippen LogP contribution in [0.4, 0.5) is 20.6 Å². The Morgan fingerprint density at radius 3 is 2.47 bits per heavy atom. The summed E-state index contributed by atoms with van der Waals surface area (Å²) >= 11 is 6.01. The van der Waals surface area contributed by atoms with Gasteiger partial charge in [0.25, 0.3) is 11.8 Å². The molecule has 2 aliphatic heterocycles. The maximum absolute atomic E-state index is 15.6. The van der Waals surface area contributed by atoms with Crippen LogP contribution < -0.4 is 20.9 Å². The third-order valence-electron chi connectivity index (χ3n) is 6.43. The number of rotatable bonds is 4. The number of amides is 4. The molecule has 4 N–H and O–H groups in total. The average Bonchev–Trinajstić information content (AvgIpc) is 3.17. The van der Waals surface area contributed by atoms with Crippen LogP contribution in [0.1, 0.15) is 18.4 Å². The maximum atomic E-state index is 15.6. The number of urea groups is 1. The predicted molar refractivity (Wildman–Crippen MR) is 117 cm³/mol. The van der Waals surface area contributed by atoms with E-state index in [0.29, 0.717) is 29.4 Å². The van der Waals surface area contributed by atoms with E-state index < -0.39 is 27.8 Å². The molecule has 2 heterocycles. The van der Waals surface area contributed by atoms with Gasteiger partial charge in [0, 0.05) is 42.2 Å². The minimum Gasteiger partial charge on any atom is -0.370 e. The first-order chi connectivity index (χ1) is 15.2. The van der Waals surface area contributed by atoms with E-state index in [-0.39, 0.29) is 37.6 Å². The van der Waals surface area contributed by atoms with Crippen molar-refractivity contribution in [2.75, 3.05) is 31.2 Å². The first-order valence-electron chi connectivity index (χ1n) is 10.2. The molecular formula is C22H23ClFN4O4+. The van der Waals surface area contributed by atoms with E-state index in [2.05, 4.69) is 0 Å². The molecule has 2 fully saturated rings. The van der Waals surface area contributed by atoms with Crippen molar-refractivity contribution in [3.63, 3.8) is 0 Å². The van der Waals surface area contributed by atoms with E-state index in [1.807, 2.05) is 0 Å².